The molecule has 10 heteroatoms. The predicted octanol–water partition coefficient (Wildman–Crippen LogP) is 7.61. The molecule has 1 N–H and O–H groups in total. The fourth-order valence-corrected chi connectivity index (χ4v) is 6.58. The summed E-state index contributed by atoms with van der Waals surface area (Å²) in [6, 6.07) is 13.5. The molecule has 0 aliphatic carbocycles. The van der Waals surface area contributed by atoms with Crippen LogP contribution < -0.4 is 4.90 Å². The fraction of sp³-hybridized carbons (Fsp3) is 0.0800. The van der Waals surface area contributed by atoms with Crippen LogP contribution in [0.4, 0.5) is 5.13 Å². The average molecular weight is 586 g/mol. The van der Waals surface area contributed by atoms with Crippen LogP contribution in [0.3, 0.4) is 0 Å². The summed E-state index contributed by atoms with van der Waals surface area (Å²) in [5, 5.41) is 14.5. The van der Waals surface area contributed by atoms with Gasteiger partial charge >= 0.3 is 0 Å². The number of thiazole rings is 1. The Balaban J connectivity index is 1.49. The molecule has 1 aliphatic rings. The Morgan fingerprint density at radius 3 is 2.83 bits per heavy atom. The van der Waals surface area contributed by atoms with E-state index in [1.165, 1.54) is 27.6 Å². The molecule has 174 valence electrons. The van der Waals surface area contributed by atoms with E-state index < -0.39 is 23.5 Å². The fourth-order valence-electron chi connectivity index (χ4n) is 4.15. The lowest BCUT2D eigenvalue weighted by atomic mass is 10.0. The van der Waals surface area contributed by atoms with E-state index in [-0.39, 0.29) is 11.3 Å². The molecule has 6 rings (SSSR count). The Morgan fingerprint density at radius 2 is 2.06 bits per heavy atom. The Labute approximate surface area is 220 Å². The number of aliphatic hydroxyl groups is 1. The Morgan fingerprint density at radius 1 is 1.23 bits per heavy atom. The van der Waals surface area contributed by atoms with Gasteiger partial charge in [-0.3, -0.25) is 14.5 Å². The number of thiophene rings is 1. The molecule has 0 radical (unpaired) electrons. The first kappa shape index (κ1) is 22.5. The second-order valence-corrected chi connectivity index (χ2v) is 11.4. The molecule has 0 saturated heterocycles. The van der Waals surface area contributed by atoms with Crippen molar-refractivity contribution in [2.45, 2.75) is 13.0 Å². The third kappa shape index (κ3) is 3.61. The van der Waals surface area contributed by atoms with Gasteiger partial charge in [0.1, 0.15) is 11.6 Å². The highest BCUT2D eigenvalue weighted by atomic mass is 79.9. The smallest absolute Gasteiger partial charge is 0.296 e. The maximum absolute atomic E-state index is 13.7. The van der Waals surface area contributed by atoms with Gasteiger partial charge in [0.2, 0.25) is 5.78 Å². The number of aliphatic hydroxyl groups excluding tert-OH is 1. The summed E-state index contributed by atoms with van der Waals surface area (Å²) < 4.78 is 7.49. The van der Waals surface area contributed by atoms with E-state index in [1.807, 2.05) is 42.6 Å². The molecular formula is C25H14BrClN2O4S2. The van der Waals surface area contributed by atoms with Gasteiger partial charge in [0, 0.05) is 19.8 Å². The van der Waals surface area contributed by atoms with Crippen molar-refractivity contribution >= 4 is 88.2 Å². The van der Waals surface area contributed by atoms with E-state index in [0.717, 1.165) is 25.0 Å². The third-order valence-electron chi connectivity index (χ3n) is 5.83. The second-order valence-electron chi connectivity index (χ2n) is 8.04. The minimum Gasteiger partial charge on any atom is -0.503 e. The zero-order chi connectivity index (χ0) is 24.4. The molecule has 1 unspecified atom stereocenters. The van der Waals surface area contributed by atoms with Crippen LogP contribution in [0.5, 0.6) is 0 Å². The maximum Gasteiger partial charge on any atom is 0.296 e. The van der Waals surface area contributed by atoms with E-state index in [2.05, 4.69) is 20.9 Å². The van der Waals surface area contributed by atoms with E-state index in [9.17, 15) is 14.7 Å². The van der Waals surface area contributed by atoms with Crippen LogP contribution in [-0.4, -0.2) is 21.8 Å². The van der Waals surface area contributed by atoms with E-state index in [4.69, 9.17) is 16.0 Å². The summed E-state index contributed by atoms with van der Waals surface area (Å²) >= 11 is 12.4. The molecule has 2 aromatic carbocycles. The monoisotopic (exact) mass is 584 g/mol. The number of aryl methyl sites for hydroxylation is 1. The first-order valence-corrected chi connectivity index (χ1v) is 13.3. The van der Waals surface area contributed by atoms with E-state index >= 15 is 0 Å². The summed E-state index contributed by atoms with van der Waals surface area (Å²) in [7, 11) is 0. The quantitative estimate of drug-likeness (QED) is 0.220. The Kier molecular flexibility index (Phi) is 5.33. The summed E-state index contributed by atoms with van der Waals surface area (Å²) in [6.07, 6.45) is 0. The van der Waals surface area contributed by atoms with Gasteiger partial charge in [-0.05, 0) is 60.3 Å². The molecule has 0 bridgehead atoms. The standard InChI is InChI=1S/C25H14BrClN2O4S2/c1-11-7-19-15(10-14(11)27)28-25(35-19)29-21(18-3-2-6-34-18)20(23(31)24(29)32)22(30)17-9-12-8-13(26)4-5-16(12)33-17/h2-10,21,31H,1H3. The number of fused-ring (bicyclic) bond motifs is 2. The molecule has 3 aromatic heterocycles. The molecule has 1 atom stereocenters. The average Bonchev–Trinajstić information content (AvgIpc) is 3.60. The SMILES string of the molecule is Cc1cc2sc(N3C(=O)C(O)=C(C(=O)c4cc5cc(Br)ccc5o4)C3c3cccs3)nc2cc1Cl. The van der Waals surface area contributed by atoms with Gasteiger partial charge in [0.15, 0.2) is 16.7 Å². The lowest BCUT2D eigenvalue weighted by molar-refractivity contribution is -0.117. The third-order valence-corrected chi connectivity index (χ3v) is 8.67. The predicted molar refractivity (Wildman–Crippen MR) is 142 cm³/mol. The highest BCUT2D eigenvalue weighted by molar-refractivity contribution is 9.10. The molecule has 6 nitrogen and oxygen atoms in total. The lowest BCUT2D eigenvalue weighted by Crippen LogP contribution is -2.30. The molecule has 0 spiro atoms. The molecule has 1 aliphatic heterocycles. The highest BCUT2D eigenvalue weighted by Crippen LogP contribution is 2.46. The number of ketones is 1. The minimum absolute atomic E-state index is 0.0379. The number of Topliss-reactive ketones (excluding diaryl/α,β-unsaturated/α-hetero) is 1. The Bertz CT molecular complexity index is 1660. The number of aromatic nitrogens is 1. The molecule has 0 fully saturated rings. The van der Waals surface area contributed by atoms with E-state index in [1.54, 1.807) is 18.2 Å². The molecule has 4 heterocycles. The second kappa shape index (κ2) is 8.30. The van der Waals surface area contributed by atoms with Crippen LogP contribution in [0, 0.1) is 6.92 Å². The van der Waals surface area contributed by atoms with Crippen molar-refractivity contribution < 1.29 is 19.1 Å². The maximum atomic E-state index is 13.7. The number of furan rings is 1. The van der Waals surface area contributed by atoms with Gasteiger partial charge in [0.05, 0.1) is 15.8 Å². The summed E-state index contributed by atoms with van der Waals surface area (Å²) in [4.78, 5) is 33.7. The molecular weight excluding hydrogens is 572 g/mol. The van der Waals surface area contributed by atoms with Crippen molar-refractivity contribution in [3.8, 4) is 0 Å². The largest absolute Gasteiger partial charge is 0.503 e. The zero-order valence-electron chi connectivity index (χ0n) is 17.9. The van der Waals surface area contributed by atoms with Gasteiger partial charge in [-0.15, -0.1) is 11.3 Å². The number of benzene rings is 2. The number of halogens is 2. The van der Waals surface area contributed by atoms with Crippen molar-refractivity contribution in [3.05, 3.63) is 90.9 Å². The summed E-state index contributed by atoms with van der Waals surface area (Å²) in [5.74, 6) is -1.80. The first-order valence-electron chi connectivity index (χ1n) is 10.4. The molecule has 5 aromatic rings. The lowest BCUT2D eigenvalue weighted by Gasteiger charge is -2.22. The van der Waals surface area contributed by atoms with Crippen LogP contribution >= 0.6 is 50.2 Å². The Hall–Kier alpha value is -2.98. The number of carbonyl (C=O) groups excluding carboxylic acids is 2. The van der Waals surface area contributed by atoms with Crippen molar-refractivity contribution in [2.75, 3.05) is 4.90 Å². The van der Waals surface area contributed by atoms with Gasteiger partial charge in [0.25, 0.3) is 5.91 Å². The number of carbonyl (C=O) groups is 2. The van der Waals surface area contributed by atoms with Crippen LogP contribution in [0.15, 0.2) is 74.1 Å². The molecule has 1 amide bonds. The first-order chi connectivity index (χ1) is 16.8. The number of hydrogen-bond donors (Lipinski definition) is 1. The highest BCUT2D eigenvalue weighted by Gasteiger charge is 2.47. The summed E-state index contributed by atoms with van der Waals surface area (Å²) in [5.41, 5.74) is 2.03. The van der Waals surface area contributed by atoms with Crippen molar-refractivity contribution in [2.24, 2.45) is 0 Å². The molecule has 0 saturated carbocycles. The van der Waals surface area contributed by atoms with Gasteiger partial charge < -0.3 is 9.52 Å². The van der Waals surface area contributed by atoms with Crippen LogP contribution in [0.25, 0.3) is 21.2 Å². The van der Waals surface area contributed by atoms with Crippen molar-refractivity contribution in [1.29, 1.82) is 0 Å². The normalized spacial score (nSPS) is 16.3. The van der Waals surface area contributed by atoms with Crippen molar-refractivity contribution in [3.63, 3.8) is 0 Å². The minimum atomic E-state index is -0.841. The number of hydrogen-bond acceptors (Lipinski definition) is 7. The van der Waals surface area contributed by atoms with Crippen molar-refractivity contribution in [1.82, 2.24) is 4.98 Å². The zero-order valence-corrected chi connectivity index (χ0v) is 21.9. The number of rotatable bonds is 4. The molecule has 35 heavy (non-hydrogen) atoms. The number of amides is 1. The van der Waals surface area contributed by atoms with E-state index in [0.29, 0.717) is 21.3 Å². The van der Waals surface area contributed by atoms with Crippen LogP contribution in [0.2, 0.25) is 5.02 Å². The number of anilines is 1. The van der Waals surface area contributed by atoms with Gasteiger partial charge in [-0.25, -0.2) is 4.98 Å². The van der Waals surface area contributed by atoms with Crippen LogP contribution in [-0.2, 0) is 4.79 Å². The van der Waals surface area contributed by atoms with Gasteiger partial charge in [-0.2, -0.15) is 0 Å². The summed E-state index contributed by atoms with van der Waals surface area (Å²) in [6.45, 7) is 1.90. The number of nitrogens with zero attached hydrogens (tertiary/aromatic N) is 2. The van der Waals surface area contributed by atoms with Gasteiger partial charge in [-0.1, -0.05) is 44.9 Å². The topological polar surface area (TPSA) is 83.6 Å². The van der Waals surface area contributed by atoms with Crippen LogP contribution in [0.1, 0.15) is 27.0 Å².